The van der Waals surface area contributed by atoms with Crippen molar-refractivity contribution in [1.82, 2.24) is 5.32 Å². The van der Waals surface area contributed by atoms with E-state index in [0.29, 0.717) is 41.8 Å². The van der Waals surface area contributed by atoms with Gasteiger partial charge in [-0.2, -0.15) is 0 Å². The van der Waals surface area contributed by atoms with Crippen LogP contribution in [0, 0.1) is 0 Å². The summed E-state index contributed by atoms with van der Waals surface area (Å²) >= 11 is 0. The Hall–Kier alpha value is -3.42. The second kappa shape index (κ2) is 9.18. The third-order valence-electron chi connectivity index (χ3n) is 4.51. The highest BCUT2D eigenvalue weighted by atomic mass is 16.6. The molecule has 0 bridgehead atoms. The van der Waals surface area contributed by atoms with Crippen LogP contribution >= 0.6 is 0 Å². The Morgan fingerprint density at radius 3 is 2.41 bits per heavy atom. The second-order valence-corrected chi connectivity index (χ2v) is 6.28. The summed E-state index contributed by atoms with van der Waals surface area (Å²) in [5.41, 5.74) is 1.07. The Morgan fingerprint density at radius 2 is 1.76 bits per heavy atom. The molecule has 2 aromatic carbocycles. The number of esters is 1. The van der Waals surface area contributed by atoms with E-state index in [9.17, 15) is 9.59 Å². The fraction of sp³-hybridized carbons (Fsp3) is 0.333. The molecule has 0 aliphatic carbocycles. The van der Waals surface area contributed by atoms with Crippen molar-refractivity contribution >= 4 is 11.9 Å². The number of fused-ring (bicyclic) bond motifs is 1. The predicted octanol–water partition coefficient (Wildman–Crippen LogP) is 2.51. The van der Waals surface area contributed by atoms with Crippen LogP contribution in [0.2, 0.25) is 0 Å². The minimum atomic E-state index is -0.583. The van der Waals surface area contributed by atoms with Crippen LogP contribution in [0.25, 0.3) is 0 Å². The first-order valence-electron chi connectivity index (χ1n) is 9.05. The number of carbonyl (C=O) groups is 2. The summed E-state index contributed by atoms with van der Waals surface area (Å²) in [6.07, 6.45) is -0.0176. The molecule has 8 nitrogen and oxygen atoms in total. The van der Waals surface area contributed by atoms with E-state index < -0.39 is 12.0 Å². The zero-order chi connectivity index (χ0) is 20.8. The second-order valence-electron chi connectivity index (χ2n) is 6.28. The Morgan fingerprint density at radius 1 is 1.03 bits per heavy atom. The topological polar surface area (TPSA) is 92.3 Å². The van der Waals surface area contributed by atoms with E-state index in [1.165, 1.54) is 14.2 Å². The molecule has 0 saturated carbocycles. The number of hydrogen-bond donors (Lipinski definition) is 1. The number of benzene rings is 2. The molecule has 29 heavy (non-hydrogen) atoms. The maximum atomic E-state index is 12.9. The molecule has 0 saturated heterocycles. The molecule has 0 radical (unpaired) electrons. The molecule has 0 fully saturated rings. The number of carbonyl (C=O) groups excluding carboxylic acids is 2. The minimum absolute atomic E-state index is 0.0176. The van der Waals surface area contributed by atoms with E-state index in [1.54, 1.807) is 43.5 Å². The summed E-state index contributed by atoms with van der Waals surface area (Å²) in [6, 6.07) is 9.69. The van der Waals surface area contributed by atoms with Gasteiger partial charge in [-0.25, -0.2) is 0 Å². The molecular formula is C21H23NO7. The first-order chi connectivity index (χ1) is 14.0. The van der Waals surface area contributed by atoms with Crippen molar-refractivity contribution in [3.8, 4) is 23.0 Å². The van der Waals surface area contributed by atoms with E-state index in [0.717, 1.165) is 5.56 Å². The molecule has 1 heterocycles. The quantitative estimate of drug-likeness (QED) is 0.713. The molecule has 8 heteroatoms. The molecule has 1 N–H and O–H groups in total. The van der Waals surface area contributed by atoms with Crippen molar-refractivity contribution in [1.29, 1.82) is 0 Å². The van der Waals surface area contributed by atoms with Gasteiger partial charge < -0.3 is 29.0 Å². The van der Waals surface area contributed by atoms with Crippen molar-refractivity contribution in [2.75, 3.05) is 34.5 Å². The maximum absolute atomic E-state index is 12.9. The summed E-state index contributed by atoms with van der Waals surface area (Å²) in [6.45, 7) is 0.797. The minimum Gasteiger partial charge on any atom is -0.497 e. The van der Waals surface area contributed by atoms with Crippen molar-refractivity contribution in [3.63, 3.8) is 0 Å². The average molecular weight is 401 g/mol. The average Bonchev–Trinajstić information content (AvgIpc) is 2.77. The number of methoxy groups -OCH3 is 3. The highest BCUT2D eigenvalue weighted by Crippen LogP contribution is 2.40. The molecule has 1 aliphatic heterocycles. The molecule has 0 aromatic heterocycles. The van der Waals surface area contributed by atoms with E-state index in [-0.39, 0.29) is 12.3 Å². The van der Waals surface area contributed by atoms with Crippen molar-refractivity contribution < 1.29 is 33.3 Å². The van der Waals surface area contributed by atoms with Crippen molar-refractivity contribution in [2.45, 2.75) is 12.5 Å². The lowest BCUT2D eigenvalue weighted by molar-refractivity contribution is -0.141. The number of ether oxygens (including phenoxy) is 5. The third-order valence-corrected chi connectivity index (χ3v) is 4.51. The van der Waals surface area contributed by atoms with Crippen LogP contribution in [0.15, 0.2) is 36.4 Å². The summed E-state index contributed by atoms with van der Waals surface area (Å²) in [4.78, 5) is 24.8. The maximum Gasteiger partial charge on any atom is 0.307 e. The van der Waals surface area contributed by atoms with Gasteiger partial charge in [0.2, 0.25) is 5.75 Å². The lowest BCUT2D eigenvalue weighted by Crippen LogP contribution is -2.30. The van der Waals surface area contributed by atoms with Gasteiger partial charge in [-0.15, -0.1) is 0 Å². The smallest absolute Gasteiger partial charge is 0.307 e. The van der Waals surface area contributed by atoms with Crippen LogP contribution in [-0.2, 0) is 9.53 Å². The molecule has 2 aromatic rings. The number of rotatable bonds is 7. The summed E-state index contributed by atoms with van der Waals surface area (Å²) in [5.74, 6) is 1.16. The first-order valence-corrected chi connectivity index (χ1v) is 9.05. The summed E-state index contributed by atoms with van der Waals surface area (Å²) in [7, 11) is 4.37. The normalized spacial score (nSPS) is 13.2. The largest absolute Gasteiger partial charge is 0.497 e. The van der Waals surface area contributed by atoms with Gasteiger partial charge in [0.1, 0.15) is 19.0 Å². The molecule has 1 atom stereocenters. The Balaban J connectivity index is 1.86. The van der Waals surface area contributed by atoms with Crippen LogP contribution in [0.5, 0.6) is 23.0 Å². The zero-order valence-corrected chi connectivity index (χ0v) is 16.5. The number of amides is 1. The molecule has 154 valence electrons. The lowest BCUT2D eigenvalue weighted by atomic mass is 10.0. The molecule has 1 amide bonds. The fourth-order valence-corrected chi connectivity index (χ4v) is 2.98. The molecule has 3 rings (SSSR count). The summed E-state index contributed by atoms with van der Waals surface area (Å²) in [5, 5.41) is 2.88. The third kappa shape index (κ3) is 4.71. The highest BCUT2D eigenvalue weighted by molar-refractivity contribution is 5.96. The fourth-order valence-electron chi connectivity index (χ4n) is 2.98. The van der Waals surface area contributed by atoms with Gasteiger partial charge in [-0.3, -0.25) is 9.59 Å². The molecule has 1 aliphatic rings. The van der Waals surface area contributed by atoms with E-state index in [4.69, 9.17) is 23.7 Å². The van der Waals surface area contributed by atoms with Crippen LogP contribution in [0.4, 0.5) is 0 Å². The van der Waals surface area contributed by atoms with Crippen molar-refractivity contribution in [3.05, 3.63) is 47.5 Å². The van der Waals surface area contributed by atoms with Gasteiger partial charge >= 0.3 is 5.97 Å². The van der Waals surface area contributed by atoms with Crippen LogP contribution < -0.4 is 24.3 Å². The first kappa shape index (κ1) is 20.3. The standard InChI is InChI=1S/C21H23NO7/c1-25-15-6-4-13(5-7-15)16(12-19(23)27-3)22-21(24)14-10-17(26-2)20-18(11-14)28-8-9-29-20/h4-7,10-11,16H,8-9,12H2,1-3H3,(H,22,24)/t16-/m1/s1. The monoisotopic (exact) mass is 401 g/mol. The van der Waals surface area contributed by atoms with Crippen LogP contribution in [-0.4, -0.2) is 46.4 Å². The van der Waals surface area contributed by atoms with E-state index in [1.807, 2.05) is 0 Å². The van der Waals surface area contributed by atoms with Gasteiger partial charge in [0.05, 0.1) is 33.8 Å². The number of nitrogens with one attached hydrogen (secondary N) is 1. The Labute approximate surface area is 168 Å². The van der Waals surface area contributed by atoms with Gasteiger partial charge in [0.25, 0.3) is 5.91 Å². The Bertz CT molecular complexity index is 862. The highest BCUT2D eigenvalue weighted by Gasteiger charge is 2.24. The predicted molar refractivity (Wildman–Crippen MR) is 104 cm³/mol. The SMILES string of the molecule is COC(=O)C[C@@H](NC(=O)c1cc(OC)c2c(c1)OCCO2)c1ccc(OC)cc1. The van der Waals surface area contributed by atoms with Crippen LogP contribution in [0.3, 0.4) is 0 Å². The molecule has 0 unspecified atom stereocenters. The van der Waals surface area contributed by atoms with Gasteiger partial charge in [0, 0.05) is 5.56 Å². The van der Waals surface area contributed by atoms with Crippen molar-refractivity contribution in [2.24, 2.45) is 0 Å². The van der Waals surface area contributed by atoms with Crippen LogP contribution in [0.1, 0.15) is 28.4 Å². The molecule has 0 spiro atoms. The Kier molecular flexibility index (Phi) is 6.43. The van der Waals surface area contributed by atoms with Gasteiger partial charge in [-0.1, -0.05) is 12.1 Å². The summed E-state index contributed by atoms with van der Waals surface area (Å²) < 4.78 is 26.4. The zero-order valence-electron chi connectivity index (χ0n) is 16.5. The van der Waals surface area contributed by atoms with E-state index in [2.05, 4.69) is 5.32 Å². The van der Waals surface area contributed by atoms with Gasteiger partial charge in [0.15, 0.2) is 11.5 Å². The van der Waals surface area contributed by atoms with Gasteiger partial charge in [-0.05, 0) is 29.8 Å². The molecular weight excluding hydrogens is 378 g/mol. The number of hydrogen-bond acceptors (Lipinski definition) is 7. The lowest BCUT2D eigenvalue weighted by Gasteiger charge is -2.22. The van der Waals surface area contributed by atoms with E-state index >= 15 is 0 Å².